The third-order valence-electron chi connectivity index (χ3n) is 5.45. The molecular weight excluding hydrogens is 436 g/mol. The van der Waals surface area contributed by atoms with Crippen LogP contribution in [-0.2, 0) is 4.79 Å². The van der Waals surface area contributed by atoms with E-state index in [-0.39, 0.29) is 30.8 Å². The molecule has 0 radical (unpaired) electrons. The zero-order valence-corrected chi connectivity index (χ0v) is 18.7. The maximum Gasteiger partial charge on any atom is 0.319 e. The summed E-state index contributed by atoms with van der Waals surface area (Å²) >= 11 is 6.51. The van der Waals surface area contributed by atoms with Gasteiger partial charge in [-0.25, -0.2) is 4.79 Å². The Morgan fingerprint density at radius 1 is 0.848 bits per heavy atom. The van der Waals surface area contributed by atoms with Crippen LogP contribution in [0, 0.1) is 0 Å². The number of benzene rings is 3. The molecule has 0 unspecified atom stereocenters. The molecular formula is C26H25ClN4O2. The second kappa shape index (κ2) is 10.7. The van der Waals surface area contributed by atoms with Crippen LogP contribution in [0.1, 0.15) is 23.5 Å². The maximum absolute atomic E-state index is 12.5. The summed E-state index contributed by atoms with van der Waals surface area (Å²) in [5.41, 5.74) is 3.74. The van der Waals surface area contributed by atoms with Crippen LogP contribution >= 0.6 is 11.6 Å². The highest BCUT2D eigenvalue weighted by atomic mass is 35.5. The first-order valence-electron chi connectivity index (χ1n) is 10.8. The number of aromatic nitrogens is 1. The minimum Gasteiger partial charge on any atom is -0.361 e. The number of urea groups is 1. The summed E-state index contributed by atoms with van der Waals surface area (Å²) in [5.74, 6) is -0.264. The summed E-state index contributed by atoms with van der Waals surface area (Å²) in [6, 6.07) is 24.5. The van der Waals surface area contributed by atoms with E-state index in [9.17, 15) is 9.59 Å². The number of para-hydroxylation sites is 2. The number of amides is 3. The molecule has 1 heterocycles. The highest BCUT2D eigenvalue weighted by Crippen LogP contribution is 2.34. The average molecular weight is 461 g/mol. The number of fused-ring (bicyclic) bond motifs is 1. The summed E-state index contributed by atoms with van der Waals surface area (Å²) in [5, 5.41) is 10.2. The van der Waals surface area contributed by atoms with E-state index in [4.69, 9.17) is 11.6 Å². The van der Waals surface area contributed by atoms with Crippen molar-refractivity contribution >= 4 is 40.1 Å². The molecule has 1 aromatic heterocycles. The number of hydrogen-bond acceptors (Lipinski definition) is 2. The number of nitrogens with one attached hydrogen (secondary N) is 4. The second-order valence-electron chi connectivity index (χ2n) is 7.66. The molecule has 0 aliphatic heterocycles. The number of anilines is 1. The molecule has 0 aliphatic carbocycles. The van der Waals surface area contributed by atoms with Crippen LogP contribution in [0.25, 0.3) is 10.9 Å². The Hall–Kier alpha value is -3.77. The highest BCUT2D eigenvalue weighted by molar-refractivity contribution is 6.31. The topological polar surface area (TPSA) is 86.0 Å². The third-order valence-corrected chi connectivity index (χ3v) is 5.79. The zero-order valence-electron chi connectivity index (χ0n) is 18.0. The van der Waals surface area contributed by atoms with Crippen LogP contribution in [0.4, 0.5) is 10.5 Å². The van der Waals surface area contributed by atoms with Crippen molar-refractivity contribution in [1.82, 2.24) is 15.6 Å². The van der Waals surface area contributed by atoms with E-state index in [2.05, 4.69) is 27.0 Å². The fourth-order valence-electron chi connectivity index (χ4n) is 3.82. The van der Waals surface area contributed by atoms with E-state index in [1.807, 2.05) is 66.9 Å². The lowest BCUT2D eigenvalue weighted by molar-refractivity contribution is -0.120. The summed E-state index contributed by atoms with van der Waals surface area (Å²) in [6.45, 7) is 0.620. The predicted octanol–water partition coefficient (Wildman–Crippen LogP) is 5.28. The van der Waals surface area contributed by atoms with Crippen LogP contribution < -0.4 is 16.0 Å². The summed E-state index contributed by atoms with van der Waals surface area (Å²) in [7, 11) is 0. The fourth-order valence-corrected chi connectivity index (χ4v) is 4.09. The smallest absolute Gasteiger partial charge is 0.319 e. The minimum atomic E-state index is -0.346. The average Bonchev–Trinajstić information content (AvgIpc) is 3.25. The lowest BCUT2D eigenvalue weighted by Gasteiger charge is -2.19. The van der Waals surface area contributed by atoms with Gasteiger partial charge in [0.2, 0.25) is 5.91 Å². The van der Waals surface area contributed by atoms with Gasteiger partial charge < -0.3 is 20.9 Å². The van der Waals surface area contributed by atoms with Gasteiger partial charge in [0.25, 0.3) is 0 Å². The van der Waals surface area contributed by atoms with E-state index >= 15 is 0 Å². The van der Waals surface area contributed by atoms with Crippen molar-refractivity contribution in [3.63, 3.8) is 0 Å². The van der Waals surface area contributed by atoms with Gasteiger partial charge in [-0.15, -0.1) is 0 Å². The third kappa shape index (κ3) is 5.73. The summed E-state index contributed by atoms with van der Waals surface area (Å²) in [6.07, 6.45) is 2.14. The van der Waals surface area contributed by atoms with Crippen LogP contribution in [-0.4, -0.2) is 30.0 Å². The molecule has 7 heteroatoms. The monoisotopic (exact) mass is 460 g/mol. The molecule has 1 atom stereocenters. The normalized spacial score (nSPS) is 11.7. The number of carbonyl (C=O) groups excluding carboxylic acids is 2. The maximum atomic E-state index is 12.5. The number of rotatable bonds is 8. The van der Waals surface area contributed by atoms with Crippen molar-refractivity contribution in [2.75, 3.05) is 18.4 Å². The summed E-state index contributed by atoms with van der Waals surface area (Å²) in [4.78, 5) is 27.8. The van der Waals surface area contributed by atoms with Crippen LogP contribution in [0.15, 0.2) is 85.1 Å². The Kier molecular flexibility index (Phi) is 7.27. The Balaban J connectivity index is 1.37. The molecule has 0 bridgehead atoms. The van der Waals surface area contributed by atoms with E-state index in [1.54, 1.807) is 12.1 Å². The SMILES string of the molecule is O=C(CCNC(=O)Nc1ccccc1)NC[C@H](c1ccccc1Cl)c1c[nH]c2ccccc12. The number of hydrogen-bond donors (Lipinski definition) is 4. The van der Waals surface area contributed by atoms with Gasteiger partial charge in [0, 0.05) is 53.2 Å². The van der Waals surface area contributed by atoms with Crippen molar-refractivity contribution in [2.24, 2.45) is 0 Å². The van der Waals surface area contributed by atoms with E-state index in [1.165, 1.54) is 0 Å². The number of halogens is 1. The molecule has 6 nitrogen and oxygen atoms in total. The zero-order chi connectivity index (χ0) is 23.0. The molecule has 0 spiro atoms. The number of H-pyrrole nitrogens is 1. The van der Waals surface area contributed by atoms with Gasteiger partial charge in [-0.1, -0.05) is 66.2 Å². The molecule has 3 aromatic carbocycles. The van der Waals surface area contributed by atoms with Gasteiger partial charge in [0.1, 0.15) is 0 Å². The molecule has 4 rings (SSSR count). The van der Waals surface area contributed by atoms with Gasteiger partial charge in [0.05, 0.1) is 0 Å². The first kappa shape index (κ1) is 22.4. The van der Waals surface area contributed by atoms with Gasteiger partial charge in [-0.3, -0.25) is 4.79 Å². The molecule has 0 saturated carbocycles. The largest absolute Gasteiger partial charge is 0.361 e. The predicted molar refractivity (Wildman–Crippen MR) is 133 cm³/mol. The molecule has 168 valence electrons. The molecule has 4 aromatic rings. The van der Waals surface area contributed by atoms with Gasteiger partial charge in [-0.2, -0.15) is 0 Å². The Labute approximate surface area is 197 Å². The molecule has 0 fully saturated rings. The van der Waals surface area contributed by atoms with Gasteiger partial charge >= 0.3 is 6.03 Å². The Morgan fingerprint density at radius 2 is 1.58 bits per heavy atom. The van der Waals surface area contributed by atoms with Crippen molar-refractivity contribution in [3.8, 4) is 0 Å². The van der Waals surface area contributed by atoms with E-state index in [0.29, 0.717) is 17.3 Å². The van der Waals surface area contributed by atoms with Crippen LogP contribution in [0.5, 0.6) is 0 Å². The fraction of sp³-hybridized carbons (Fsp3) is 0.154. The standard InChI is InChI=1S/C26H25ClN4O2/c27-23-12-6-4-10-19(23)21(22-16-29-24-13-7-5-11-20(22)24)17-30-25(32)14-15-28-26(33)31-18-8-2-1-3-9-18/h1-13,16,21,29H,14-15,17H2,(H,30,32)(H2,28,31,33)/t21-/m1/s1. The first-order valence-corrected chi connectivity index (χ1v) is 11.2. The molecule has 0 saturated heterocycles. The van der Waals surface area contributed by atoms with Crippen LogP contribution in [0.2, 0.25) is 5.02 Å². The number of carbonyl (C=O) groups is 2. The van der Waals surface area contributed by atoms with E-state index < -0.39 is 0 Å². The van der Waals surface area contributed by atoms with Gasteiger partial charge in [0.15, 0.2) is 0 Å². The molecule has 33 heavy (non-hydrogen) atoms. The van der Waals surface area contributed by atoms with E-state index in [0.717, 1.165) is 22.0 Å². The number of aromatic amines is 1. The van der Waals surface area contributed by atoms with Gasteiger partial charge in [-0.05, 0) is 35.4 Å². The molecule has 0 aliphatic rings. The molecule has 4 N–H and O–H groups in total. The van der Waals surface area contributed by atoms with Crippen molar-refractivity contribution in [3.05, 3.63) is 101 Å². The highest BCUT2D eigenvalue weighted by Gasteiger charge is 2.21. The van der Waals surface area contributed by atoms with Crippen molar-refractivity contribution < 1.29 is 9.59 Å². The Bertz CT molecular complexity index is 1240. The second-order valence-corrected chi connectivity index (χ2v) is 8.07. The first-order chi connectivity index (χ1) is 16.1. The van der Waals surface area contributed by atoms with Crippen molar-refractivity contribution in [1.29, 1.82) is 0 Å². The lowest BCUT2D eigenvalue weighted by atomic mass is 9.90. The van der Waals surface area contributed by atoms with Crippen LogP contribution in [0.3, 0.4) is 0 Å². The molecule has 3 amide bonds. The Morgan fingerprint density at radius 3 is 2.39 bits per heavy atom. The van der Waals surface area contributed by atoms with Crippen molar-refractivity contribution in [2.45, 2.75) is 12.3 Å². The minimum absolute atomic E-state index is 0.117. The quantitative estimate of drug-likeness (QED) is 0.288. The lowest BCUT2D eigenvalue weighted by Crippen LogP contribution is -2.34. The summed E-state index contributed by atoms with van der Waals surface area (Å²) < 4.78 is 0.